The van der Waals surface area contributed by atoms with Gasteiger partial charge in [0.25, 0.3) is 0 Å². The Balaban J connectivity index is 1.50. The van der Waals surface area contributed by atoms with Gasteiger partial charge >= 0.3 is 0 Å². The van der Waals surface area contributed by atoms with Crippen LogP contribution in [0.2, 0.25) is 0 Å². The number of piperidine rings is 1. The molecule has 2 saturated heterocycles. The molecule has 4 unspecified atom stereocenters. The van der Waals surface area contributed by atoms with E-state index < -0.39 is 0 Å². The summed E-state index contributed by atoms with van der Waals surface area (Å²) in [4.78, 5) is 5.17. The molecule has 3 nitrogen and oxygen atoms in total. The Labute approximate surface area is 118 Å². The molecule has 0 aromatic heterocycles. The van der Waals surface area contributed by atoms with Crippen molar-refractivity contribution in [3.05, 3.63) is 0 Å². The fraction of sp³-hybridized carbons (Fsp3) is 1.00. The van der Waals surface area contributed by atoms with E-state index in [1.807, 2.05) is 0 Å². The van der Waals surface area contributed by atoms with Crippen LogP contribution in [0.5, 0.6) is 0 Å². The minimum absolute atomic E-state index is 0.727. The molecule has 19 heavy (non-hydrogen) atoms. The number of likely N-dealkylation sites (N-methyl/N-ethyl adjacent to an activating group) is 1. The number of hydrogen-bond acceptors (Lipinski definition) is 3. The lowest BCUT2D eigenvalue weighted by Crippen LogP contribution is -2.57. The molecule has 2 aliphatic heterocycles. The highest BCUT2D eigenvalue weighted by atomic mass is 15.3. The maximum absolute atomic E-state index is 3.98. The zero-order chi connectivity index (χ0) is 13.2. The highest BCUT2D eigenvalue weighted by Crippen LogP contribution is 2.32. The van der Waals surface area contributed by atoms with Crippen molar-refractivity contribution in [1.29, 1.82) is 0 Å². The van der Waals surface area contributed by atoms with E-state index in [4.69, 9.17) is 0 Å². The van der Waals surface area contributed by atoms with Crippen LogP contribution in [-0.4, -0.2) is 61.2 Å². The first-order valence-corrected chi connectivity index (χ1v) is 8.41. The van der Waals surface area contributed by atoms with Gasteiger partial charge < -0.3 is 10.2 Å². The second-order valence-electron chi connectivity index (χ2n) is 7.20. The van der Waals surface area contributed by atoms with Crippen molar-refractivity contribution in [1.82, 2.24) is 15.1 Å². The molecule has 3 aliphatic rings. The molecule has 0 spiro atoms. The Morgan fingerprint density at radius 1 is 1.05 bits per heavy atom. The van der Waals surface area contributed by atoms with Gasteiger partial charge in [-0.2, -0.15) is 0 Å². The molecule has 0 amide bonds. The topological polar surface area (TPSA) is 18.5 Å². The molecule has 0 bridgehead atoms. The Morgan fingerprint density at radius 3 is 2.74 bits per heavy atom. The summed E-state index contributed by atoms with van der Waals surface area (Å²) in [5.41, 5.74) is 0. The van der Waals surface area contributed by atoms with Gasteiger partial charge in [0.2, 0.25) is 0 Å². The summed E-state index contributed by atoms with van der Waals surface area (Å²) in [7, 11) is 2.25. The molecule has 1 aliphatic carbocycles. The number of nitrogens with one attached hydrogen (secondary N) is 1. The van der Waals surface area contributed by atoms with Gasteiger partial charge in [0.15, 0.2) is 0 Å². The first kappa shape index (κ1) is 13.8. The molecular weight excluding hydrogens is 234 g/mol. The van der Waals surface area contributed by atoms with E-state index in [0.29, 0.717) is 0 Å². The van der Waals surface area contributed by atoms with Gasteiger partial charge in [0.1, 0.15) is 0 Å². The van der Waals surface area contributed by atoms with Gasteiger partial charge in [0, 0.05) is 44.3 Å². The molecule has 0 aromatic carbocycles. The summed E-state index contributed by atoms with van der Waals surface area (Å²) in [6.45, 7) is 7.39. The van der Waals surface area contributed by atoms with E-state index in [0.717, 1.165) is 24.0 Å². The summed E-state index contributed by atoms with van der Waals surface area (Å²) >= 11 is 0. The van der Waals surface area contributed by atoms with E-state index in [2.05, 4.69) is 29.1 Å². The number of piperazine rings is 1. The van der Waals surface area contributed by atoms with Crippen LogP contribution in [-0.2, 0) is 0 Å². The number of nitrogens with zero attached hydrogens (tertiary/aromatic N) is 2. The Hall–Kier alpha value is -0.120. The molecule has 3 heteroatoms. The minimum atomic E-state index is 0.727. The monoisotopic (exact) mass is 265 g/mol. The van der Waals surface area contributed by atoms with Crippen molar-refractivity contribution < 1.29 is 0 Å². The van der Waals surface area contributed by atoms with Crippen LogP contribution >= 0.6 is 0 Å². The van der Waals surface area contributed by atoms with E-state index in [1.54, 1.807) is 0 Å². The SMILES string of the molecule is CC1CN(C)CCN1CC1CCC2CCCCC2N1. The van der Waals surface area contributed by atoms with Crippen molar-refractivity contribution in [3.8, 4) is 0 Å². The van der Waals surface area contributed by atoms with Gasteiger partial charge in [-0.15, -0.1) is 0 Å². The van der Waals surface area contributed by atoms with Crippen molar-refractivity contribution in [2.75, 3.05) is 33.2 Å². The van der Waals surface area contributed by atoms with Crippen LogP contribution in [0, 0.1) is 5.92 Å². The van der Waals surface area contributed by atoms with Crippen molar-refractivity contribution in [3.63, 3.8) is 0 Å². The average molecular weight is 265 g/mol. The van der Waals surface area contributed by atoms with E-state index in [-0.39, 0.29) is 0 Å². The van der Waals surface area contributed by atoms with Gasteiger partial charge in [-0.1, -0.05) is 12.8 Å². The van der Waals surface area contributed by atoms with Crippen LogP contribution in [0.4, 0.5) is 0 Å². The second-order valence-corrected chi connectivity index (χ2v) is 7.20. The van der Waals surface area contributed by atoms with E-state index in [1.165, 1.54) is 64.7 Å². The number of hydrogen-bond donors (Lipinski definition) is 1. The third-order valence-electron chi connectivity index (χ3n) is 5.67. The van der Waals surface area contributed by atoms with Crippen LogP contribution in [0.25, 0.3) is 0 Å². The largest absolute Gasteiger partial charge is 0.310 e. The first-order chi connectivity index (χ1) is 9.22. The molecule has 1 N–H and O–H groups in total. The smallest absolute Gasteiger partial charge is 0.0197 e. The van der Waals surface area contributed by atoms with Gasteiger partial charge in [-0.25, -0.2) is 0 Å². The van der Waals surface area contributed by atoms with Gasteiger partial charge in [-0.3, -0.25) is 4.90 Å². The Morgan fingerprint density at radius 2 is 1.89 bits per heavy atom. The fourth-order valence-corrected chi connectivity index (χ4v) is 4.45. The maximum atomic E-state index is 3.98. The Bertz CT molecular complexity index is 294. The summed E-state index contributed by atoms with van der Waals surface area (Å²) in [5.74, 6) is 0.995. The van der Waals surface area contributed by atoms with Gasteiger partial charge in [-0.05, 0) is 45.6 Å². The average Bonchev–Trinajstić information content (AvgIpc) is 2.42. The second kappa shape index (κ2) is 6.11. The van der Waals surface area contributed by atoms with E-state index >= 15 is 0 Å². The summed E-state index contributed by atoms with van der Waals surface area (Å²) in [6.07, 6.45) is 8.72. The molecule has 0 radical (unpaired) electrons. The van der Waals surface area contributed by atoms with Crippen molar-refractivity contribution >= 4 is 0 Å². The van der Waals surface area contributed by atoms with Gasteiger partial charge in [0.05, 0.1) is 0 Å². The Kier molecular flexibility index (Phi) is 4.45. The lowest BCUT2D eigenvalue weighted by molar-refractivity contribution is 0.0732. The highest BCUT2D eigenvalue weighted by molar-refractivity contribution is 4.91. The molecule has 2 heterocycles. The zero-order valence-corrected chi connectivity index (χ0v) is 12.8. The van der Waals surface area contributed by atoms with E-state index in [9.17, 15) is 0 Å². The third-order valence-corrected chi connectivity index (χ3v) is 5.67. The predicted molar refractivity (Wildman–Crippen MR) is 80.4 cm³/mol. The lowest BCUT2D eigenvalue weighted by atomic mass is 9.77. The third kappa shape index (κ3) is 3.32. The number of rotatable bonds is 2. The van der Waals surface area contributed by atoms with Crippen LogP contribution in [0.3, 0.4) is 0 Å². The minimum Gasteiger partial charge on any atom is -0.310 e. The molecule has 0 aromatic rings. The molecule has 110 valence electrons. The highest BCUT2D eigenvalue weighted by Gasteiger charge is 2.33. The molecular formula is C16H31N3. The maximum Gasteiger partial charge on any atom is 0.0197 e. The predicted octanol–water partition coefficient (Wildman–Crippen LogP) is 1.93. The van der Waals surface area contributed by atoms with Crippen LogP contribution in [0.1, 0.15) is 45.4 Å². The molecule has 3 rings (SSSR count). The molecule has 4 atom stereocenters. The normalized spacial score (nSPS) is 42.0. The summed E-state index contributed by atoms with van der Waals surface area (Å²) in [6, 6.07) is 2.32. The number of fused-ring (bicyclic) bond motifs is 1. The quantitative estimate of drug-likeness (QED) is 0.823. The lowest BCUT2D eigenvalue weighted by Gasteiger charge is -2.44. The molecule has 1 saturated carbocycles. The fourth-order valence-electron chi connectivity index (χ4n) is 4.45. The zero-order valence-electron chi connectivity index (χ0n) is 12.8. The summed E-state index contributed by atoms with van der Waals surface area (Å²) < 4.78 is 0. The van der Waals surface area contributed by atoms with Crippen LogP contribution in [0.15, 0.2) is 0 Å². The summed E-state index contributed by atoms with van der Waals surface area (Å²) in [5, 5.41) is 3.98. The van der Waals surface area contributed by atoms with Crippen molar-refractivity contribution in [2.24, 2.45) is 5.92 Å². The molecule has 3 fully saturated rings. The standard InChI is InChI=1S/C16H31N3/c1-13-11-18(2)9-10-19(13)12-15-8-7-14-5-3-4-6-16(14)17-15/h13-17H,3-12H2,1-2H3. The van der Waals surface area contributed by atoms with Crippen molar-refractivity contribution in [2.45, 2.75) is 63.6 Å². The first-order valence-electron chi connectivity index (χ1n) is 8.41. The van der Waals surface area contributed by atoms with Crippen LogP contribution < -0.4 is 5.32 Å².